The van der Waals surface area contributed by atoms with Crippen molar-refractivity contribution in [1.82, 2.24) is 24.8 Å². The molecule has 0 spiro atoms. The molecular weight excluding hydrogens is 605 g/mol. The number of aromatic hydroxyl groups is 1. The fraction of sp³-hybridized carbons (Fsp3) is 0.528. The van der Waals surface area contributed by atoms with E-state index in [1.54, 1.807) is 18.3 Å². The molecule has 4 saturated heterocycles. The van der Waals surface area contributed by atoms with E-state index >= 15 is 8.78 Å². The number of phenolic OH excluding ortho intramolecular Hbond substituents is 1. The summed E-state index contributed by atoms with van der Waals surface area (Å²) in [6.07, 6.45) is 7.78. The number of nitrogens with zero attached hydrogens (tertiary/aromatic N) is 6. The van der Waals surface area contributed by atoms with Crippen molar-refractivity contribution in [3.8, 4) is 23.0 Å². The van der Waals surface area contributed by atoms with Crippen LogP contribution in [0.25, 0.3) is 32.9 Å². The third-order valence-corrected chi connectivity index (χ3v) is 11.0. The Bertz CT molecular complexity index is 1830. The zero-order valence-corrected chi connectivity index (χ0v) is 26.8. The number of phenols is 1. The molecular formula is C36H41F3N6O2. The molecule has 1 unspecified atom stereocenters. The third kappa shape index (κ3) is 5.35. The standard InChI is InChI=1S/C36H41F3N6O2/c1-2-26-29(38)9-8-22-15-25(46)16-27(30(22)26)32-31(39)33-28(18-40-32)34(44-13-5-7-24(20-44)43-11-3-4-12-43)42-35(41-33)47-21-36-10-6-14-45(36)19-23(37)17-36/h8-9,15-16,18,23-24,46H,2-7,10-14,17,19-21H2,1H3/t23-,24?,36+/m1/s1. The second-order valence-electron chi connectivity index (χ2n) is 13.8. The highest BCUT2D eigenvalue weighted by Gasteiger charge is 2.49. The van der Waals surface area contributed by atoms with Gasteiger partial charge >= 0.3 is 6.01 Å². The highest BCUT2D eigenvalue weighted by molar-refractivity contribution is 6.01. The van der Waals surface area contributed by atoms with E-state index in [0.29, 0.717) is 58.5 Å². The molecule has 6 heterocycles. The Morgan fingerprint density at radius 1 is 1.02 bits per heavy atom. The molecule has 8 rings (SSSR count). The molecule has 2 aromatic heterocycles. The number of aromatic nitrogens is 3. The molecule has 4 aliphatic rings. The fourth-order valence-electron chi connectivity index (χ4n) is 8.75. The quantitative estimate of drug-likeness (QED) is 0.247. The van der Waals surface area contributed by atoms with Gasteiger partial charge in [0.2, 0.25) is 0 Å². The fourth-order valence-corrected chi connectivity index (χ4v) is 8.75. The van der Waals surface area contributed by atoms with Gasteiger partial charge in [-0.15, -0.1) is 0 Å². The Labute approximate surface area is 272 Å². The lowest BCUT2D eigenvalue weighted by atomic mass is 9.94. The number of ether oxygens (including phenoxy) is 1. The minimum absolute atomic E-state index is 0.0282. The molecule has 4 fully saturated rings. The van der Waals surface area contributed by atoms with Crippen LogP contribution < -0.4 is 9.64 Å². The van der Waals surface area contributed by atoms with Crippen molar-refractivity contribution < 1.29 is 23.0 Å². The number of anilines is 1. The second kappa shape index (κ2) is 12.1. The second-order valence-corrected chi connectivity index (χ2v) is 13.8. The van der Waals surface area contributed by atoms with Gasteiger partial charge in [-0.1, -0.05) is 13.0 Å². The lowest BCUT2D eigenvalue weighted by Gasteiger charge is -2.38. The third-order valence-electron chi connectivity index (χ3n) is 11.0. The number of hydrogen-bond acceptors (Lipinski definition) is 8. The molecule has 47 heavy (non-hydrogen) atoms. The maximum absolute atomic E-state index is 16.9. The highest BCUT2D eigenvalue weighted by Crippen LogP contribution is 2.42. The number of fused-ring (bicyclic) bond motifs is 3. The van der Waals surface area contributed by atoms with Gasteiger partial charge in [0.1, 0.15) is 41.4 Å². The Hall–Kier alpha value is -3.70. The molecule has 2 aromatic carbocycles. The minimum Gasteiger partial charge on any atom is -0.508 e. The Morgan fingerprint density at radius 3 is 2.70 bits per heavy atom. The van der Waals surface area contributed by atoms with Crippen molar-refractivity contribution in [2.45, 2.75) is 76.0 Å². The van der Waals surface area contributed by atoms with Crippen LogP contribution in [0.4, 0.5) is 19.0 Å². The summed E-state index contributed by atoms with van der Waals surface area (Å²) in [5.74, 6) is -0.579. The molecule has 8 nitrogen and oxygen atoms in total. The van der Waals surface area contributed by atoms with E-state index in [9.17, 15) is 9.50 Å². The van der Waals surface area contributed by atoms with Gasteiger partial charge in [-0.2, -0.15) is 9.97 Å². The van der Waals surface area contributed by atoms with E-state index < -0.39 is 23.3 Å². The summed E-state index contributed by atoms with van der Waals surface area (Å²) >= 11 is 0. The minimum atomic E-state index is -0.899. The van der Waals surface area contributed by atoms with Gasteiger partial charge in [0.25, 0.3) is 0 Å². The maximum Gasteiger partial charge on any atom is 0.319 e. The number of halogens is 3. The summed E-state index contributed by atoms with van der Waals surface area (Å²) in [7, 11) is 0. The predicted molar refractivity (Wildman–Crippen MR) is 176 cm³/mol. The van der Waals surface area contributed by atoms with Crippen LogP contribution >= 0.6 is 0 Å². The summed E-state index contributed by atoms with van der Waals surface area (Å²) in [4.78, 5) is 21.0. The first-order valence-electron chi connectivity index (χ1n) is 17.1. The van der Waals surface area contributed by atoms with Crippen LogP contribution in [-0.4, -0.2) is 93.5 Å². The van der Waals surface area contributed by atoms with Gasteiger partial charge in [0, 0.05) is 43.9 Å². The van der Waals surface area contributed by atoms with Crippen LogP contribution in [0.2, 0.25) is 0 Å². The number of aryl methyl sites for hydroxylation is 1. The van der Waals surface area contributed by atoms with Crippen LogP contribution in [-0.2, 0) is 6.42 Å². The normalized spacial score (nSPS) is 25.3. The molecule has 248 valence electrons. The lowest BCUT2D eigenvalue weighted by Crippen LogP contribution is -2.47. The first-order valence-corrected chi connectivity index (χ1v) is 17.1. The number of benzene rings is 2. The summed E-state index contributed by atoms with van der Waals surface area (Å²) in [6, 6.07) is 6.37. The molecule has 0 saturated carbocycles. The van der Waals surface area contributed by atoms with Crippen molar-refractivity contribution >= 4 is 27.5 Å². The number of likely N-dealkylation sites (tertiary alicyclic amines) is 1. The summed E-state index contributed by atoms with van der Waals surface area (Å²) in [5.41, 5.74) is 0.341. The predicted octanol–water partition coefficient (Wildman–Crippen LogP) is 6.41. The number of pyridine rings is 1. The number of hydrogen-bond donors (Lipinski definition) is 1. The van der Waals surface area contributed by atoms with Gasteiger partial charge in [-0.05, 0) is 99.1 Å². The van der Waals surface area contributed by atoms with Crippen LogP contribution in [0.15, 0.2) is 30.5 Å². The topological polar surface area (TPSA) is 77.9 Å². The summed E-state index contributed by atoms with van der Waals surface area (Å²) in [6.45, 7) is 7.00. The molecule has 3 atom stereocenters. The zero-order valence-electron chi connectivity index (χ0n) is 26.8. The van der Waals surface area contributed by atoms with Crippen molar-refractivity contribution in [2.24, 2.45) is 0 Å². The molecule has 0 radical (unpaired) electrons. The zero-order chi connectivity index (χ0) is 32.3. The van der Waals surface area contributed by atoms with Crippen molar-refractivity contribution in [3.63, 3.8) is 0 Å². The highest BCUT2D eigenvalue weighted by atomic mass is 19.1. The van der Waals surface area contributed by atoms with Crippen LogP contribution in [0.3, 0.4) is 0 Å². The average Bonchev–Trinajstić information content (AvgIpc) is 3.81. The monoisotopic (exact) mass is 646 g/mol. The first kappa shape index (κ1) is 30.6. The van der Waals surface area contributed by atoms with Crippen molar-refractivity contribution in [2.75, 3.05) is 50.8 Å². The van der Waals surface area contributed by atoms with Crippen molar-refractivity contribution in [1.29, 1.82) is 0 Å². The van der Waals surface area contributed by atoms with Gasteiger partial charge in [-0.3, -0.25) is 14.8 Å². The SMILES string of the molecule is CCc1c(F)ccc2cc(O)cc(-c3ncc4c(N5CCCC(N6CCCC6)C5)nc(OC[C@@]56CCCN5C[C@H](F)C6)nc4c3F)c12. The Balaban J connectivity index is 1.25. The largest absolute Gasteiger partial charge is 0.508 e. The van der Waals surface area contributed by atoms with Gasteiger partial charge in [0.05, 0.1) is 10.9 Å². The number of piperidine rings is 1. The average molecular weight is 647 g/mol. The maximum atomic E-state index is 16.9. The van der Waals surface area contributed by atoms with Crippen LogP contribution in [0.1, 0.15) is 57.4 Å². The molecule has 0 bridgehead atoms. The molecule has 1 N–H and O–H groups in total. The number of rotatable bonds is 7. The van der Waals surface area contributed by atoms with E-state index in [-0.39, 0.29) is 29.6 Å². The molecule has 4 aromatic rings. The van der Waals surface area contributed by atoms with E-state index in [4.69, 9.17) is 9.72 Å². The van der Waals surface area contributed by atoms with Crippen LogP contribution in [0.5, 0.6) is 11.8 Å². The number of alkyl halides is 1. The van der Waals surface area contributed by atoms with E-state index in [1.165, 1.54) is 25.0 Å². The van der Waals surface area contributed by atoms with E-state index in [0.717, 1.165) is 58.4 Å². The van der Waals surface area contributed by atoms with Gasteiger partial charge in [-0.25, -0.2) is 13.2 Å². The van der Waals surface area contributed by atoms with E-state index in [2.05, 4.69) is 24.7 Å². The molecule has 0 aliphatic carbocycles. The molecule has 0 amide bonds. The van der Waals surface area contributed by atoms with Crippen molar-refractivity contribution in [3.05, 3.63) is 47.7 Å². The lowest BCUT2D eigenvalue weighted by molar-refractivity contribution is 0.107. The van der Waals surface area contributed by atoms with Crippen LogP contribution in [0, 0.1) is 11.6 Å². The van der Waals surface area contributed by atoms with E-state index in [1.807, 2.05) is 6.92 Å². The Morgan fingerprint density at radius 2 is 1.87 bits per heavy atom. The smallest absolute Gasteiger partial charge is 0.319 e. The Kier molecular flexibility index (Phi) is 7.87. The van der Waals surface area contributed by atoms with Gasteiger partial charge in [0.15, 0.2) is 5.82 Å². The first-order chi connectivity index (χ1) is 22.8. The summed E-state index contributed by atoms with van der Waals surface area (Å²) in [5, 5.41) is 12.2. The molecule has 4 aliphatic heterocycles. The molecule has 11 heteroatoms. The van der Waals surface area contributed by atoms with Gasteiger partial charge < -0.3 is 14.7 Å². The summed E-state index contributed by atoms with van der Waals surface area (Å²) < 4.78 is 52.8.